The fourth-order valence-corrected chi connectivity index (χ4v) is 1.97. The van der Waals surface area contributed by atoms with Gasteiger partial charge in [0.15, 0.2) is 0 Å². The summed E-state index contributed by atoms with van der Waals surface area (Å²) in [4.78, 5) is 13.7. The van der Waals surface area contributed by atoms with Crippen LogP contribution in [0.4, 0.5) is 14.9 Å². The number of hydrogen-bond acceptors (Lipinski definition) is 3. The van der Waals surface area contributed by atoms with Crippen molar-refractivity contribution in [2.24, 2.45) is 0 Å². The van der Waals surface area contributed by atoms with E-state index in [4.69, 9.17) is 9.84 Å². The summed E-state index contributed by atoms with van der Waals surface area (Å²) in [6.07, 6.45) is -0.366. The van der Waals surface area contributed by atoms with Crippen LogP contribution >= 0.6 is 0 Å². The predicted octanol–water partition coefficient (Wildman–Crippen LogP) is 1.44. The molecule has 1 aromatic rings. The number of urea groups is 1. The van der Waals surface area contributed by atoms with Crippen molar-refractivity contribution < 1.29 is 19.0 Å². The number of benzene rings is 1. The Balaban J connectivity index is 2.02. The smallest absolute Gasteiger partial charge is 0.322 e. The van der Waals surface area contributed by atoms with Crippen LogP contribution in [0, 0.1) is 5.82 Å². The first-order valence-corrected chi connectivity index (χ1v) is 6.16. The van der Waals surface area contributed by atoms with Crippen molar-refractivity contribution in [3.05, 3.63) is 30.1 Å². The Labute approximate surface area is 111 Å². The molecule has 2 N–H and O–H groups in total. The average Bonchev–Trinajstić information content (AvgIpc) is 2.39. The Morgan fingerprint density at radius 3 is 3.11 bits per heavy atom. The first kappa shape index (κ1) is 13.8. The monoisotopic (exact) mass is 268 g/mol. The number of hydrogen-bond donors (Lipinski definition) is 2. The van der Waals surface area contributed by atoms with Crippen LogP contribution < -0.4 is 5.32 Å². The van der Waals surface area contributed by atoms with Crippen LogP contribution in [0.3, 0.4) is 0 Å². The lowest BCUT2D eigenvalue weighted by Crippen LogP contribution is -2.53. The molecule has 0 radical (unpaired) electrons. The molecule has 5 nitrogen and oxygen atoms in total. The molecule has 1 fully saturated rings. The molecule has 0 aromatic heterocycles. The minimum absolute atomic E-state index is 0.0867. The quantitative estimate of drug-likeness (QED) is 0.853. The van der Waals surface area contributed by atoms with Crippen LogP contribution in [0.5, 0.6) is 0 Å². The first-order valence-electron chi connectivity index (χ1n) is 6.16. The summed E-state index contributed by atoms with van der Waals surface area (Å²) in [5.74, 6) is -0.402. The molecule has 6 heteroatoms. The van der Waals surface area contributed by atoms with Gasteiger partial charge >= 0.3 is 6.03 Å². The van der Waals surface area contributed by atoms with Crippen LogP contribution in [-0.2, 0) is 4.74 Å². The number of ether oxygens (including phenoxy) is 1. The number of carbonyl (C=O) groups is 1. The van der Waals surface area contributed by atoms with Gasteiger partial charge in [-0.3, -0.25) is 0 Å². The van der Waals surface area contributed by atoms with Gasteiger partial charge < -0.3 is 20.1 Å². The van der Waals surface area contributed by atoms with Crippen molar-refractivity contribution in [2.75, 3.05) is 25.1 Å². The second-order valence-corrected chi connectivity index (χ2v) is 4.58. The summed E-state index contributed by atoms with van der Waals surface area (Å²) in [7, 11) is 0. The summed E-state index contributed by atoms with van der Waals surface area (Å²) in [6, 6.07) is 5.32. The molecule has 0 spiro atoms. The molecule has 2 rings (SSSR count). The highest BCUT2D eigenvalue weighted by atomic mass is 19.1. The molecule has 1 heterocycles. The van der Waals surface area contributed by atoms with Crippen molar-refractivity contribution in [1.82, 2.24) is 4.90 Å². The van der Waals surface area contributed by atoms with Crippen LogP contribution in [0.2, 0.25) is 0 Å². The molecule has 0 bridgehead atoms. The van der Waals surface area contributed by atoms with Gasteiger partial charge in [-0.05, 0) is 25.1 Å². The van der Waals surface area contributed by atoms with Crippen LogP contribution in [0.1, 0.15) is 6.92 Å². The second kappa shape index (κ2) is 5.99. The normalized spacial score (nSPS) is 23.2. The van der Waals surface area contributed by atoms with Gasteiger partial charge in [0.05, 0.1) is 31.9 Å². The minimum atomic E-state index is -0.402. The van der Waals surface area contributed by atoms with Gasteiger partial charge in [-0.2, -0.15) is 0 Å². The Kier molecular flexibility index (Phi) is 4.34. The van der Waals surface area contributed by atoms with Crippen molar-refractivity contribution >= 4 is 11.7 Å². The summed E-state index contributed by atoms with van der Waals surface area (Å²) < 4.78 is 18.4. The zero-order chi connectivity index (χ0) is 13.8. The van der Waals surface area contributed by atoms with Crippen LogP contribution in [0.25, 0.3) is 0 Å². The molecule has 1 aromatic carbocycles. The Bertz CT molecular complexity index is 455. The van der Waals surface area contributed by atoms with E-state index < -0.39 is 5.82 Å². The maximum atomic E-state index is 13.0. The molecule has 0 saturated carbocycles. The lowest BCUT2D eigenvalue weighted by Gasteiger charge is -2.37. The molecular formula is C13H17FN2O3. The number of rotatable bonds is 2. The number of carbonyl (C=O) groups excluding carboxylic acids is 1. The Hall–Kier alpha value is -1.66. The standard InChI is InChI=1S/C13H17FN2O3/c1-9-8-19-12(7-17)6-16(9)13(18)15-11-4-2-3-10(14)5-11/h2-5,9,12,17H,6-8H2,1H3,(H,15,18). The van der Waals surface area contributed by atoms with Crippen molar-refractivity contribution in [3.63, 3.8) is 0 Å². The van der Waals surface area contributed by atoms with Gasteiger partial charge in [-0.25, -0.2) is 9.18 Å². The van der Waals surface area contributed by atoms with E-state index in [0.29, 0.717) is 18.8 Å². The number of nitrogens with one attached hydrogen (secondary N) is 1. The third-order valence-electron chi connectivity index (χ3n) is 3.05. The van der Waals surface area contributed by atoms with Gasteiger partial charge in [-0.1, -0.05) is 6.07 Å². The van der Waals surface area contributed by atoms with Gasteiger partial charge in [0.2, 0.25) is 0 Å². The maximum Gasteiger partial charge on any atom is 0.322 e. The van der Waals surface area contributed by atoms with Crippen LogP contribution in [0.15, 0.2) is 24.3 Å². The number of aliphatic hydroxyl groups is 1. The highest BCUT2D eigenvalue weighted by molar-refractivity contribution is 5.89. The zero-order valence-corrected chi connectivity index (χ0v) is 10.7. The molecule has 2 atom stereocenters. The van der Waals surface area contributed by atoms with E-state index in [1.807, 2.05) is 6.92 Å². The predicted molar refractivity (Wildman–Crippen MR) is 68.4 cm³/mol. The average molecular weight is 268 g/mol. The number of anilines is 1. The molecular weight excluding hydrogens is 251 g/mol. The summed E-state index contributed by atoms with van der Waals surface area (Å²) in [6.45, 7) is 2.43. The molecule has 1 aliphatic heterocycles. The zero-order valence-electron chi connectivity index (χ0n) is 10.7. The SMILES string of the molecule is CC1COC(CO)CN1C(=O)Nc1cccc(F)c1. The molecule has 1 saturated heterocycles. The first-order chi connectivity index (χ1) is 9.10. The highest BCUT2D eigenvalue weighted by Crippen LogP contribution is 2.15. The number of amides is 2. The Morgan fingerprint density at radius 2 is 2.42 bits per heavy atom. The minimum Gasteiger partial charge on any atom is -0.394 e. The van der Waals surface area contributed by atoms with Crippen LogP contribution in [-0.4, -0.2) is 47.9 Å². The van der Waals surface area contributed by atoms with Crippen molar-refractivity contribution in [2.45, 2.75) is 19.1 Å². The number of aliphatic hydroxyl groups excluding tert-OH is 1. The molecule has 2 unspecified atom stereocenters. The second-order valence-electron chi connectivity index (χ2n) is 4.58. The molecule has 2 amide bonds. The summed E-state index contributed by atoms with van der Waals surface area (Å²) in [5.41, 5.74) is 0.407. The molecule has 0 aliphatic carbocycles. The largest absolute Gasteiger partial charge is 0.394 e. The highest BCUT2D eigenvalue weighted by Gasteiger charge is 2.29. The van der Waals surface area contributed by atoms with E-state index in [9.17, 15) is 9.18 Å². The summed E-state index contributed by atoms with van der Waals surface area (Å²) in [5, 5.41) is 11.7. The lowest BCUT2D eigenvalue weighted by atomic mass is 10.2. The van der Waals surface area contributed by atoms with E-state index >= 15 is 0 Å². The third kappa shape index (κ3) is 3.42. The number of morpholine rings is 1. The third-order valence-corrected chi connectivity index (χ3v) is 3.05. The van der Waals surface area contributed by atoms with Crippen molar-refractivity contribution in [3.8, 4) is 0 Å². The fourth-order valence-electron chi connectivity index (χ4n) is 1.97. The molecule has 1 aliphatic rings. The van der Waals surface area contributed by atoms with E-state index in [1.165, 1.54) is 18.2 Å². The van der Waals surface area contributed by atoms with Crippen molar-refractivity contribution in [1.29, 1.82) is 0 Å². The number of halogens is 1. The van der Waals surface area contributed by atoms with E-state index in [0.717, 1.165) is 0 Å². The van der Waals surface area contributed by atoms with Gasteiger partial charge in [0.1, 0.15) is 5.82 Å². The Morgan fingerprint density at radius 1 is 1.63 bits per heavy atom. The summed E-state index contributed by atoms with van der Waals surface area (Å²) >= 11 is 0. The van der Waals surface area contributed by atoms with E-state index in [2.05, 4.69) is 5.32 Å². The van der Waals surface area contributed by atoms with Gasteiger partial charge in [0, 0.05) is 5.69 Å². The van der Waals surface area contributed by atoms with E-state index in [-0.39, 0.29) is 24.8 Å². The molecule has 19 heavy (non-hydrogen) atoms. The topological polar surface area (TPSA) is 61.8 Å². The van der Waals surface area contributed by atoms with E-state index in [1.54, 1.807) is 11.0 Å². The fraction of sp³-hybridized carbons (Fsp3) is 0.462. The lowest BCUT2D eigenvalue weighted by molar-refractivity contribution is -0.0611. The molecule has 104 valence electrons. The van der Waals surface area contributed by atoms with Gasteiger partial charge in [0.25, 0.3) is 0 Å². The number of nitrogens with zero attached hydrogens (tertiary/aromatic N) is 1. The maximum absolute atomic E-state index is 13.0. The van der Waals surface area contributed by atoms with Gasteiger partial charge in [-0.15, -0.1) is 0 Å².